The van der Waals surface area contributed by atoms with Gasteiger partial charge in [0, 0.05) is 0 Å². The van der Waals surface area contributed by atoms with Crippen molar-refractivity contribution in [2.24, 2.45) is 0 Å². The van der Waals surface area contributed by atoms with Crippen molar-refractivity contribution in [2.75, 3.05) is 26.4 Å². The number of rotatable bonds is 6. The molecule has 0 saturated carbocycles. The quantitative estimate of drug-likeness (QED) is 0.232. The number of phenols is 4. The minimum absolute atomic E-state index is 0.134. The van der Waals surface area contributed by atoms with Crippen molar-refractivity contribution in [1.29, 1.82) is 0 Å². The molecule has 2 saturated heterocycles. The van der Waals surface area contributed by atoms with E-state index in [0.717, 1.165) is 0 Å². The molecule has 10 heteroatoms. The van der Waals surface area contributed by atoms with Crippen LogP contribution in [-0.4, -0.2) is 71.0 Å². The molecular formula is C14H14O10. The van der Waals surface area contributed by atoms with E-state index in [1.165, 1.54) is 0 Å². The van der Waals surface area contributed by atoms with Gasteiger partial charge in [-0.2, -0.15) is 0 Å². The van der Waals surface area contributed by atoms with Crippen LogP contribution in [0.2, 0.25) is 0 Å². The van der Waals surface area contributed by atoms with Gasteiger partial charge in [0.2, 0.25) is 11.5 Å². The Morgan fingerprint density at radius 3 is 1.42 bits per heavy atom. The van der Waals surface area contributed by atoms with Gasteiger partial charge >= 0.3 is 11.9 Å². The van der Waals surface area contributed by atoms with Crippen LogP contribution in [0.15, 0.2) is 0 Å². The topological polar surface area (TPSA) is 159 Å². The molecule has 0 radical (unpaired) electrons. The normalized spacial score (nSPS) is 21.2. The third-order valence-electron chi connectivity index (χ3n) is 3.41. The molecule has 2 aliphatic heterocycles. The maximum Gasteiger partial charge on any atom is 0.343 e. The lowest BCUT2D eigenvalue weighted by Crippen LogP contribution is -2.18. The Kier molecular flexibility index (Phi) is 4.08. The van der Waals surface area contributed by atoms with Gasteiger partial charge in [-0.15, -0.1) is 0 Å². The van der Waals surface area contributed by atoms with Gasteiger partial charge in [-0.05, 0) is 0 Å². The Hall–Kier alpha value is -2.72. The molecule has 130 valence electrons. The van der Waals surface area contributed by atoms with E-state index in [2.05, 4.69) is 0 Å². The first-order chi connectivity index (χ1) is 11.4. The average molecular weight is 342 g/mol. The molecule has 2 fully saturated rings. The highest BCUT2D eigenvalue weighted by Crippen LogP contribution is 2.47. The summed E-state index contributed by atoms with van der Waals surface area (Å²) >= 11 is 0. The van der Waals surface area contributed by atoms with E-state index in [-0.39, 0.29) is 25.4 Å². The van der Waals surface area contributed by atoms with Crippen molar-refractivity contribution in [3.05, 3.63) is 11.1 Å². The fourth-order valence-electron chi connectivity index (χ4n) is 1.91. The number of epoxide rings is 2. The zero-order chi connectivity index (χ0) is 17.4. The molecule has 0 aliphatic carbocycles. The van der Waals surface area contributed by atoms with E-state index >= 15 is 0 Å². The summed E-state index contributed by atoms with van der Waals surface area (Å²) in [4.78, 5) is 24.2. The predicted octanol–water partition coefficient (Wildman–Crippen LogP) is -0.380. The van der Waals surface area contributed by atoms with E-state index in [4.69, 9.17) is 18.9 Å². The summed E-state index contributed by atoms with van der Waals surface area (Å²) < 4.78 is 19.4. The molecule has 3 rings (SSSR count). The zero-order valence-electron chi connectivity index (χ0n) is 12.2. The number of carbonyl (C=O) groups is 2. The van der Waals surface area contributed by atoms with Crippen LogP contribution in [0, 0.1) is 0 Å². The fraction of sp³-hybridized carbons (Fsp3) is 0.429. The van der Waals surface area contributed by atoms with Gasteiger partial charge in [0.25, 0.3) is 0 Å². The van der Waals surface area contributed by atoms with E-state index in [1.54, 1.807) is 0 Å². The molecule has 2 aliphatic rings. The van der Waals surface area contributed by atoms with Crippen LogP contribution >= 0.6 is 0 Å². The number of aromatic hydroxyl groups is 4. The molecule has 4 N–H and O–H groups in total. The molecule has 0 spiro atoms. The molecule has 10 nitrogen and oxygen atoms in total. The average Bonchev–Trinajstić information content (AvgIpc) is 3.45. The van der Waals surface area contributed by atoms with Crippen molar-refractivity contribution >= 4 is 11.9 Å². The van der Waals surface area contributed by atoms with Gasteiger partial charge in [0.05, 0.1) is 13.2 Å². The monoisotopic (exact) mass is 342 g/mol. The summed E-state index contributed by atoms with van der Waals surface area (Å²) in [6, 6.07) is 0. The Bertz CT molecular complexity index is 631. The van der Waals surface area contributed by atoms with E-state index in [0.29, 0.717) is 13.2 Å². The Morgan fingerprint density at radius 1 is 0.792 bits per heavy atom. The Balaban J connectivity index is 1.92. The predicted molar refractivity (Wildman–Crippen MR) is 73.1 cm³/mol. The van der Waals surface area contributed by atoms with Crippen molar-refractivity contribution in [3.63, 3.8) is 0 Å². The van der Waals surface area contributed by atoms with Gasteiger partial charge < -0.3 is 39.4 Å². The second-order valence-electron chi connectivity index (χ2n) is 5.25. The van der Waals surface area contributed by atoms with Crippen molar-refractivity contribution < 1.29 is 49.0 Å². The van der Waals surface area contributed by atoms with Crippen molar-refractivity contribution in [1.82, 2.24) is 0 Å². The smallest absolute Gasteiger partial charge is 0.343 e. The van der Waals surface area contributed by atoms with E-state index in [9.17, 15) is 30.0 Å². The van der Waals surface area contributed by atoms with E-state index < -0.39 is 46.1 Å². The lowest BCUT2D eigenvalue weighted by molar-refractivity contribution is 0.0423. The summed E-state index contributed by atoms with van der Waals surface area (Å²) in [5.74, 6) is -6.93. The molecule has 0 amide bonds. The van der Waals surface area contributed by atoms with Crippen LogP contribution in [0.3, 0.4) is 0 Å². The molecule has 24 heavy (non-hydrogen) atoms. The first-order valence-electron chi connectivity index (χ1n) is 6.97. The highest BCUT2D eigenvalue weighted by atomic mass is 16.6. The second-order valence-corrected chi connectivity index (χ2v) is 5.25. The molecule has 0 aromatic heterocycles. The third-order valence-corrected chi connectivity index (χ3v) is 3.41. The maximum absolute atomic E-state index is 12.1. The van der Waals surface area contributed by atoms with Crippen LogP contribution in [-0.2, 0) is 18.9 Å². The van der Waals surface area contributed by atoms with Gasteiger partial charge in [0.1, 0.15) is 36.5 Å². The summed E-state index contributed by atoms with van der Waals surface area (Å²) in [6.45, 7) is 0.541. The minimum atomic E-state index is -1.19. The van der Waals surface area contributed by atoms with Crippen molar-refractivity contribution in [2.45, 2.75) is 12.2 Å². The number of carbonyl (C=O) groups excluding carboxylic acids is 2. The van der Waals surface area contributed by atoms with Crippen LogP contribution in [0.25, 0.3) is 0 Å². The maximum atomic E-state index is 12.1. The summed E-state index contributed by atoms with van der Waals surface area (Å²) in [7, 11) is 0. The molecule has 0 bridgehead atoms. The largest absolute Gasteiger partial charge is 0.504 e. The molecule has 2 atom stereocenters. The number of hydrogen-bond donors (Lipinski definition) is 4. The Morgan fingerprint density at radius 2 is 1.12 bits per heavy atom. The second kappa shape index (κ2) is 6.06. The highest BCUT2D eigenvalue weighted by molar-refractivity contribution is 6.08. The summed E-state index contributed by atoms with van der Waals surface area (Å²) in [6.07, 6.45) is -0.560. The molecular weight excluding hydrogens is 328 g/mol. The van der Waals surface area contributed by atoms with Gasteiger partial charge in [-0.25, -0.2) is 9.59 Å². The summed E-state index contributed by atoms with van der Waals surface area (Å²) in [5.41, 5.74) is -1.63. The van der Waals surface area contributed by atoms with Gasteiger partial charge in [-0.3, -0.25) is 0 Å². The molecule has 1 aromatic rings. The third kappa shape index (κ3) is 3.14. The van der Waals surface area contributed by atoms with Crippen molar-refractivity contribution in [3.8, 4) is 23.0 Å². The number of benzene rings is 1. The highest BCUT2D eigenvalue weighted by Gasteiger charge is 2.35. The number of esters is 2. The summed E-state index contributed by atoms with van der Waals surface area (Å²) in [5, 5.41) is 38.9. The lowest BCUT2D eigenvalue weighted by atomic mass is 10.0. The first-order valence-corrected chi connectivity index (χ1v) is 6.97. The van der Waals surface area contributed by atoms with Crippen LogP contribution in [0.1, 0.15) is 20.7 Å². The first kappa shape index (κ1) is 16.1. The molecule has 2 heterocycles. The molecule has 2 unspecified atom stereocenters. The Labute approximate surface area is 134 Å². The van der Waals surface area contributed by atoms with Crippen LogP contribution in [0.5, 0.6) is 23.0 Å². The number of ether oxygens (including phenoxy) is 4. The lowest BCUT2D eigenvalue weighted by Gasteiger charge is -2.14. The minimum Gasteiger partial charge on any atom is -0.504 e. The standard InChI is InChI=1S/C14H14O10/c15-9-7(13(19)23-3-5-1-21-5)8(10(16)12(18)11(9)17)14(20)24-4-6-2-22-6/h5-6,15-18H,1-4H2. The molecule has 1 aromatic carbocycles. The zero-order valence-corrected chi connectivity index (χ0v) is 12.2. The SMILES string of the molecule is O=C(OCC1CO1)c1c(O)c(O)c(O)c(O)c1C(=O)OCC1CO1. The van der Waals surface area contributed by atoms with Crippen LogP contribution in [0.4, 0.5) is 0 Å². The fourth-order valence-corrected chi connectivity index (χ4v) is 1.91. The van der Waals surface area contributed by atoms with Gasteiger partial charge in [0.15, 0.2) is 11.5 Å². The number of phenolic OH excluding ortho intramolecular Hbond substituents is 4. The van der Waals surface area contributed by atoms with Gasteiger partial charge in [-0.1, -0.05) is 0 Å². The van der Waals surface area contributed by atoms with E-state index in [1.807, 2.05) is 0 Å². The number of hydrogen-bond acceptors (Lipinski definition) is 10. The van der Waals surface area contributed by atoms with Crippen LogP contribution < -0.4 is 0 Å².